The lowest BCUT2D eigenvalue weighted by atomic mass is 10.1. The molecule has 1 aromatic carbocycles. The Morgan fingerprint density at radius 3 is 2.94 bits per heavy atom. The van der Waals surface area contributed by atoms with Crippen molar-refractivity contribution in [3.05, 3.63) is 29.4 Å². The topological polar surface area (TPSA) is 27.8 Å². The van der Waals surface area contributed by atoms with Gasteiger partial charge in [0, 0.05) is 22.6 Å². The number of aromatic nitrogens is 1. The number of fused-ring (bicyclic) bond motifs is 1. The maximum absolute atomic E-state index is 6.14. The monoisotopic (exact) mass is 266 g/mol. The van der Waals surface area contributed by atoms with Crippen LogP contribution < -0.4 is 5.32 Å². The first-order valence-corrected chi connectivity index (χ1v) is 7.47. The molecule has 1 fully saturated rings. The number of thioether (sulfide) groups is 1. The molecule has 1 aliphatic heterocycles. The summed E-state index contributed by atoms with van der Waals surface area (Å²) >= 11 is 8.18. The number of nitrogens with one attached hydrogen (secondary N) is 2. The summed E-state index contributed by atoms with van der Waals surface area (Å²) in [4.78, 5) is 3.28. The third kappa shape index (κ3) is 2.40. The number of rotatable bonds is 2. The highest BCUT2D eigenvalue weighted by Gasteiger charge is 2.15. The SMILES string of the molecule is Clc1cc(NC2CCSCC2)c2[nH]ccc2c1. The van der Waals surface area contributed by atoms with Crippen LogP contribution in [-0.2, 0) is 0 Å². The zero-order valence-corrected chi connectivity index (χ0v) is 11.1. The van der Waals surface area contributed by atoms with Crippen LogP contribution >= 0.6 is 23.4 Å². The molecule has 0 saturated carbocycles. The zero-order chi connectivity index (χ0) is 11.7. The fourth-order valence-electron chi connectivity index (χ4n) is 2.31. The molecular weight excluding hydrogens is 252 g/mol. The molecule has 0 atom stereocenters. The molecule has 1 saturated heterocycles. The summed E-state index contributed by atoms with van der Waals surface area (Å²) in [7, 11) is 0. The third-order valence-corrected chi connectivity index (χ3v) is 4.47. The number of H-pyrrole nitrogens is 1. The van der Waals surface area contributed by atoms with E-state index in [1.807, 2.05) is 30.1 Å². The van der Waals surface area contributed by atoms with Crippen LogP contribution in [0.4, 0.5) is 5.69 Å². The minimum Gasteiger partial charge on any atom is -0.381 e. The molecule has 0 spiro atoms. The average Bonchev–Trinajstić information content (AvgIpc) is 2.78. The van der Waals surface area contributed by atoms with Crippen molar-refractivity contribution in [3.63, 3.8) is 0 Å². The normalized spacial score (nSPS) is 17.5. The minimum absolute atomic E-state index is 0.584. The van der Waals surface area contributed by atoms with Gasteiger partial charge in [-0.25, -0.2) is 0 Å². The van der Waals surface area contributed by atoms with E-state index in [0.717, 1.165) is 16.2 Å². The van der Waals surface area contributed by atoms with Crippen molar-refractivity contribution in [2.24, 2.45) is 0 Å². The highest BCUT2D eigenvalue weighted by molar-refractivity contribution is 7.99. The van der Waals surface area contributed by atoms with Crippen LogP contribution in [0.5, 0.6) is 0 Å². The Bertz CT molecular complexity index is 517. The average molecular weight is 267 g/mol. The number of benzene rings is 1. The van der Waals surface area contributed by atoms with Crippen LogP contribution in [0.1, 0.15) is 12.8 Å². The summed E-state index contributed by atoms with van der Waals surface area (Å²) in [6, 6.07) is 6.65. The summed E-state index contributed by atoms with van der Waals surface area (Å²) in [6.45, 7) is 0. The Balaban J connectivity index is 1.90. The molecule has 1 aromatic heterocycles. The first kappa shape index (κ1) is 11.3. The molecule has 2 aromatic rings. The fraction of sp³-hybridized carbons (Fsp3) is 0.385. The van der Waals surface area contributed by atoms with Crippen LogP contribution in [0.3, 0.4) is 0 Å². The summed E-state index contributed by atoms with van der Waals surface area (Å²) in [5, 5.41) is 5.59. The second kappa shape index (κ2) is 4.83. The van der Waals surface area contributed by atoms with E-state index in [1.54, 1.807) is 0 Å². The molecule has 0 bridgehead atoms. The van der Waals surface area contributed by atoms with E-state index in [2.05, 4.69) is 16.4 Å². The summed E-state index contributed by atoms with van der Waals surface area (Å²) < 4.78 is 0. The van der Waals surface area contributed by atoms with Gasteiger partial charge in [-0.2, -0.15) is 11.8 Å². The number of aromatic amines is 1. The van der Waals surface area contributed by atoms with Crippen LogP contribution in [0.25, 0.3) is 10.9 Å². The highest BCUT2D eigenvalue weighted by atomic mass is 35.5. The Labute approximate surface area is 110 Å². The Kier molecular flexibility index (Phi) is 3.21. The number of hydrogen-bond donors (Lipinski definition) is 2. The standard InChI is InChI=1S/C13H15ClN2S/c14-10-7-9-1-4-15-13(9)12(8-10)16-11-2-5-17-6-3-11/h1,4,7-8,11,15-16H,2-3,5-6H2. The number of anilines is 1. The van der Waals surface area contributed by atoms with Crippen molar-refractivity contribution in [1.29, 1.82) is 0 Å². The van der Waals surface area contributed by atoms with Crippen LogP contribution in [0, 0.1) is 0 Å². The van der Waals surface area contributed by atoms with Gasteiger partial charge in [-0.1, -0.05) is 11.6 Å². The van der Waals surface area contributed by atoms with Crippen molar-refractivity contribution >= 4 is 40.0 Å². The van der Waals surface area contributed by atoms with Crippen LogP contribution in [-0.4, -0.2) is 22.5 Å². The van der Waals surface area contributed by atoms with Gasteiger partial charge in [-0.15, -0.1) is 0 Å². The van der Waals surface area contributed by atoms with Crippen molar-refractivity contribution < 1.29 is 0 Å². The van der Waals surface area contributed by atoms with Crippen molar-refractivity contribution in [2.45, 2.75) is 18.9 Å². The molecular formula is C13H15ClN2S. The summed E-state index contributed by atoms with van der Waals surface area (Å²) in [5.74, 6) is 2.51. The molecule has 2 N–H and O–H groups in total. The first-order valence-electron chi connectivity index (χ1n) is 5.94. The van der Waals surface area contributed by atoms with Gasteiger partial charge in [0.25, 0.3) is 0 Å². The number of halogens is 1. The molecule has 1 aliphatic rings. The molecule has 2 heterocycles. The van der Waals surface area contributed by atoms with E-state index >= 15 is 0 Å². The van der Waals surface area contributed by atoms with Crippen molar-refractivity contribution in [1.82, 2.24) is 4.98 Å². The first-order chi connectivity index (χ1) is 8.33. The molecule has 3 rings (SSSR count). The van der Waals surface area contributed by atoms with Crippen molar-refractivity contribution in [2.75, 3.05) is 16.8 Å². The van der Waals surface area contributed by atoms with E-state index < -0.39 is 0 Å². The van der Waals surface area contributed by atoms with E-state index in [1.165, 1.54) is 29.7 Å². The van der Waals surface area contributed by atoms with Gasteiger partial charge in [-0.05, 0) is 42.5 Å². The Hall–Kier alpha value is -0.800. The van der Waals surface area contributed by atoms with Crippen LogP contribution in [0.2, 0.25) is 5.02 Å². The van der Waals surface area contributed by atoms with Gasteiger partial charge in [0.15, 0.2) is 0 Å². The lowest BCUT2D eigenvalue weighted by Gasteiger charge is -2.24. The summed E-state index contributed by atoms with van der Waals surface area (Å²) in [5.41, 5.74) is 2.29. The Morgan fingerprint density at radius 2 is 2.12 bits per heavy atom. The maximum atomic E-state index is 6.14. The smallest absolute Gasteiger partial charge is 0.0690 e. The lowest BCUT2D eigenvalue weighted by molar-refractivity contribution is 0.667. The largest absolute Gasteiger partial charge is 0.381 e. The fourth-order valence-corrected chi connectivity index (χ4v) is 3.64. The second-order valence-corrected chi connectivity index (χ2v) is 6.09. The van der Waals surface area contributed by atoms with E-state index in [9.17, 15) is 0 Å². The predicted molar refractivity (Wildman–Crippen MR) is 77.3 cm³/mol. The maximum Gasteiger partial charge on any atom is 0.0690 e. The second-order valence-electron chi connectivity index (χ2n) is 4.43. The van der Waals surface area contributed by atoms with Gasteiger partial charge in [0.2, 0.25) is 0 Å². The Morgan fingerprint density at radius 1 is 1.29 bits per heavy atom. The van der Waals surface area contributed by atoms with Gasteiger partial charge >= 0.3 is 0 Å². The molecule has 0 aliphatic carbocycles. The van der Waals surface area contributed by atoms with Gasteiger partial charge < -0.3 is 10.3 Å². The summed E-state index contributed by atoms with van der Waals surface area (Å²) in [6.07, 6.45) is 4.43. The zero-order valence-electron chi connectivity index (χ0n) is 9.50. The van der Waals surface area contributed by atoms with Gasteiger partial charge in [0.1, 0.15) is 0 Å². The van der Waals surface area contributed by atoms with E-state index in [0.29, 0.717) is 6.04 Å². The third-order valence-electron chi connectivity index (χ3n) is 3.21. The quantitative estimate of drug-likeness (QED) is 0.855. The van der Waals surface area contributed by atoms with Gasteiger partial charge in [0.05, 0.1) is 11.2 Å². The highest BCUT2D eigenvalue weighted by Crippen LogP contribution is 2.29. The van der Waals surface area contributed by atoms with Crippen molar-refractivity contribution in [3.8, 4) is 0 Å². The molecule has 17 heavy (non-hydrogen) atoms. The van der Waals surface area contributed by atoms with E-state index in [-0.39, 0.29) is 0 Å². The predicted octanol–water partition coefficient (Wildman–Crippen LogP) is 4.13. The van der Waals surface area contributed by atoms with Gasteiger partial charge in [-0.3, -0.25) is 0 Å². The number of hydrogen-bond acceptors (Lipinski definition) is 2. The molecule has 2 nitrogen and oxygen atoms in total. The lowest BCUT2D eigenvalue weighted by Crippen LogP contribution is -2.24. The van der Waals surface area contributed by atoms with Crippen LogP contribution in [0.15, 0.2) is 24.4 Å². The molecule has 0 amide bonds. The molecule has 0 unspecified atom stereocenters. The molecule has 90 valence electrons. The molecule has 0 radical (unpaired) electrons. The molecule has 4 heteroatoms. The minimum atomic E-state index is 0.584. The van der Waals surface area contributed by atoms with E-state index in [4.69, 9.17) is 11.6 Å².